The molecule has 0 amide bonds. The van der Waals surface area contributed by atoms with E-state index in [4.69, 9.17) is 0 Å². The first-order valence-corrected chi connectivity index (χ1v) is 7.08. The SMILES string of the molecule is CCCCC(C1C=CC=CC1)C1C=CC=CC1. The van der Waals surface area contributed by atoms with Crippen LogP contribution >= 0.6 is 0 Å². The van der Waals surface area contributed by atoms with Gasteiger partial charge >= 0.3 is 0 Å². The normalized spacial score (nSPS) is 28.5. The molecule has 2 atom stereocenters. The number of allylic oxidation sites excluding steroid dienone is 8. The van der Waals surface area contributed by atoms with Crippen molar-refractivity contribution in [3.63, 3.8) is 0 Å². The first-order chi connectivity index (χ1) is 8.42. The van der Waals surface area contributed by atoms with Crippen LogP contribution in [0.25, 0.3) is 0 Å². The summed E-state index contributed by atoms with van der Waals surface area (Å²) in [6.45, 7) is 2.30. The average molecular weight is 228 g/mol. The highest BCUT2D eigenvalue weighted by molar-refractivity contribution is 5.16. The Kier molecular flexibility index (Phi) is 4.85. The Morgan fingerprint density at radius 3 is 1.94 bits per heavy atom. The molecule has 2 aliphatic carbocycles. The third-order valence-electron chi connectivity index (χ3n) is 4.02. The molecule has 0 aliphatic heterocycles. The summed E-state index contributed by atoms with van der Waals surface area (Å²) >= 11 is 0. The van der Waals surface area contributed by atoms with Crippen LogP contribution in [-0.4, -0.2) is 0 Å². The molecular weight excluding hydrogens is 204 g/mol. The minimum Gasteiger partial charge on any atom is -0.0840 e. The third kappa shape index (κ3) is 3.46. The van der Waals surface area contributed by atoms with Crippen LogP contribution in [0.1, 0.15) is 39.0 Å². The molecule has 0 saturated heterocycles. The zero-order chi connectivity index (χ0) is 11.9. The van der Waals surface area contributed by atoms with Gasteiger partial charge in [0.1, 0.15) is 0 Å². The van der Waals surface area contributed by atoms with Gasteiger partial charge < -0.3 is 0 Å². The summed E-state index contributed by atoms with van der Waals surface area (Å²) in [5, 5.41) is 0. The second-order valence-electron chi connectivity index (χ2n) is 5.23. The maximum absolute atomic E-state index is 2.42. The molecule has 0 fully saturated rings. The number of hydrogen-bond donors (Lipinski definition) is 0. The number of hydrogen-bond acceptors (Lipinski definition) is 0. The van der Waals surface area contributed by atoms with Crippen molar-refractivity contribution < 1.29 is 0 Å². The van der Waals surface area contributed by atoms with Crippen molar-refractivity contribution in [1.82, 2.24) is 0 Å². The van der Waals surface area contributed by atoms with Crippen molar-refractivity contribution in [2.45, 2.75) is 39.0 Å². The van der Waals surface area contributed by atoms with E-state index < -0.39 is 0 Å². The number of rotatable bonds is 5. The molecule has 0 aromatic carbocycles. The van der Waals surface area contributed by atoms with Crippen LogP contribution in [0.4, 0.5) is 0 Å². The molecule has 0 N–H and O–H groups in total. The number of unbranched alkanes of at least 4 members (excludes halogenated alkanes) is 1. The van der Waals surface area contributed by atoms with E-state index in [-0.39, 0.29) is 0 Å². The summed E-state index contributed by atoms with van der Waals surface area (Å²) in [5.41, 5.74) is 0. The topological polar surface area (TPSA) is 0 Å². The fourth-order valence-electron chi connectivity index (χ4n) is 3.02. The maximum atomic E-state index is 2.42. The van der Waals surface area contributed by atoms with Gasteiger partial charge in [-0.05, 0) is 37.0 Å². The summed E-state index contributed by atoms with van der Waals surface area (Å²) in [6, 6.07) is 0. The zero-order valence-electron chi connectivity index (χ0n) is 10.9. The van der Waals surface area contributed by atoms with Crippen molar-refractivity contribution in [1.29, 1.82) is 0 Å². The predicted molar refractivity (Wildman–Crippen MR) is 75.8 cm³/mol. The van der Waals surface area contributed by atoms with Gasteiger partial charge in [-0.25, -0.2) is 0 Å². The monoisotopic (exact) mass is 228 g/mol. The molecule has 0 saturated carbocycles. The van der Waals surface area contributed by atoms with E-state index >= 15 is 0 Å². The van der Waals surface area contributed by atoms with E-state index in [9.17, 15) is 0 Å². The van der Waals surface area contributed by atoms with E-state index in [1.807, 2.05) is 0 Å². The smallest absolute Gasteiger partial charge is 0.0162 e. The van der Waals surface area contributed by atoms with Gasteiger partial charge in [0.25, 0.3) is 0 Å². The first-order valence-electron chi connectivity index (χ1n) is 7.08. The van der Waals surface area contributed by atoms with Gasteiger partial charge in [0.05, 0.1) is 0 Å². The fourth-order valence-corrected chi connectivity index (χ4v) is 3.02. The second kappa shape index (κ2) is 6.64. The van der Waals surface area contributed by atoms with Gasteiger partial charge in [-0.2, -0.15) is 0 Å². The van der Waals surface area contributed by atoms with Crippen LogP contribution < -0.4 is 0 Å². The maximum Gasteiger partial charge on any atom is -0.0162 e. The summed E-state index contributed by atoms with van der Waals surface area (Å²) in [7, 11) is 0. The van der Waals surface area contributed by atoms with Crippen LogP contribution in [-0.2, 0) is 0 Å². The van der Waals surface area contributed by atoms with Crippen LogP contribution in [0, 0.1) is 17.8 Å². The second-order valence-corrected chi connectivity index (χ2v) is 5.23. The molecular formula is C17H24. The lowest BCUT2D eigenvalue weighted by molar-refractivity contribution is 0.278. The summed E-state index contributed by atoms with van der Waals surface area (Å²) in [4.78, 5) is 0. The Morgan fingerprint density at radius 1 is 0.941 bits per heavy atom. The molecule has 0 heterocycles. The summed E-state index contributed by atoms with van der Waals surface area (Å²) in [5.74, 6) is 2.35. The molecule has 0 aromatic heterocycles. The lowest BCUT2D eigenvalue weighted by Crippen LogP contribution is -2.22. The van der Waals surface area contributed by atoms with E-state index in [0.29, 0.717) is 0 Å². The molecule has 0 radical (unpaired) electrons. The molecule has 0 bridgehead atoms. The van der Waals surface area contributed by atoms with Gasteiger partial charge in [-0.1, -0.05) is 68.4 Å². The highest BCUT2D eigenvalue weighted by Crippen LogP contribution is 2.35. The zero-order valence-corrected chi connectivity index (χ0v) is 10.9. The van der Waals surface area contributed by atoms with Crippen LogP contribution in [0.2, 0.25) is 0 Å². The molecule has 0 spiro atoms. The Hall–Kier alpha value is -1.04. The quantitative estimate of drug-likeness (QED) is 0.617. The van der Waals surface area contributed by atoms with Gasteiger partial charge in [0.15, 0.2) is 0 Å². The van der Waals surface area contributed by atoms with E-state index in [0.717, 1.165) is 17.8 Å². The highest BCUT2D eigenvalue weighted by atomic mass is 14.3. The largest absolute Gasteiger partial charge is 0.0840 e. The molecule has 92 valence electrons. The Balaban J connectivity index is 2.01. The summed E-state index contributed by atoms with van der Waals surface area (Å²) in [6.07, 6.45) is 24.9. The van der Waals surface area contributed by atoms with Gasteiger partial charge in [0, 0.05) is 0 Å². The van der Waals surface area contributed by atoms with Crippen molar-refractivity contribution in [3.8, 4) is 0 Å². The standard InChI is InChI=1S/C17H24/c1-2-3-14-17(15-10-6-4-7-11-15)16-12-8-5-9-13-16/h4-10,12,15-17H,2-3,11,13-14H2,1H3. The Bertz CT molecular complexity index is 300. The molecule has 0 nitrogen and oxygen atoms in total. The highest BCUT2D eigenvalue weighted by Gasteiger charge is 2.25. The van der Waals surface area contributed by atoms with Gasteiger partial charge in [0.2, 0.25) is 0 Å². The first kappa shape index (κ1) is 12.4. The van der Waals surface area contributed by atoms with Gasteiger partial charge in [-0.3, -0.25) is 0 Å². The van der Waals surface area contributed by atoms with Gasteiger partial charge in [-0.15, -0.1) is 0 Å². The summed E-state index contributed by atoms with van der Waals surface area (Å²) < 4.78 is 0. The fraction of sp³-hybridized carbons (Fsp3) is 0.529. The van der Waals surface area contributed by atoms with E-state index in [2.05, 4.69) is 55.5 Å². The third-order valence-corrected chi connectivity index (χ3v) is 4.02. The Labute approximate surface area is 106 Å². The Morgan fingerprint density at radius 2 is 1.53 bits per heavy atom. The average Bonchev–Trinajstić information content (AvgIpc) is 2.42. The molecule has 0 heteroatoms. The van der Waals surface area contributed by atoms with Crippen molar-refractivity contribution >= 4 is 0 Å². The molecule has 2 rings (SSSR count). The lowest BCUT2D eigenvalue weighted by Gasteiger charge is -2.31. The van der Waals surface area contributed by atoms with Crippen LogP contribution in [0.15, 0.2) is 48.6 Å². The van der Waals surface area contributed by atoms with E-state index in [1.54, 1.807) is 0 Å². The van der Waals surface area contributed by atoms with Crippen molar-refractivity contribution in [3.05, 3.63) is 48.6 Å². The van der Waals surface area contributed by atoms with Crippen molar-refractivity contribution in [2.75, 3.05) is 0 Å². The van der Waals surface area contributed by atoms with E-state index in [1.165, 1.54) is 32.1 Å². The van der Waals surface area contributed by atoms with Crippen molar-refractivity contribution in [2.24, 2.45) is 17.8 Å². The predicted octanol–water partition coefficient (Wildman–Crippen LogP) is 5.06. The lowest BCUT2D eigenvalue weighted by atomic mass is 9.73. The minimum absolute atomic E-state index is 0.757. The molecule has 2 aliphatic rings. The minimum atomic E-state index is 0.757. The molecule has 2 unspecified atom stereocenters. The van der Waals surface area contributed by atoms with Crippen LogP contribution in [0.5, 0.6) is 0 Å². The molecule has 17 heavy (non-hydrogen) atoms. The molecule has 0 aromatic rings. The van der Waals surface area contributed by atoms with Crippen LogP contribution in [0.3, 0.4) is 0 Å².